The predicted molar refractivity (Wildman–Crippen MR) is 165 cm³/mol. The lowest BCUT2D eigenvalue weighted by Crippen LogP contribution is -2.34. The van der Waals surface area contributed by atoms with Gasteiger partial charge in [0.2, 0.25) is 0 Å². The monoisotopic (exact) mass is 522 g/mol. The van der Waals surface area contributed by atoms with Crippen LogP contribution >= 0.6 is 0 Å². The van der Waals surface area contributed by atoms with Gasteiger partial charge in [-0.1, -0.05) is 179 Å². The average Bonchev–Trinajstić information content (AvgIpc) is 2.73. The van der Waals surface area contributed by atoms with Crippen molar-refractivity contribution in [3.63, 3.8) is 0 Å². The summed E-state index contributed by atoms with van der Waals surface area (Å²) in [4.78, 5) is 0. The van der Waals surface area contributed by atoms with Gasteiger partial charge in [0, 0.05) is 0 Å². The molecule has 0 aliphatic rings. The molecule has 0 N–H and O–H groups in total. The van der Waals surface area contributed by atoms with Gasteiger partial charge in [0.05, 0.1) is 0 Å². The summed E-state index contributed by atoms with van der Waals surface area (Å²) in [7, 11) is 0. The molecule has 0 spiro atoms. The van der Waals surface area contributed by atoms with Gasteiger partial charge >= 0.3 is 29.0 Å². The van der Waals surface area contributed by atoms with E-state index in [0.717, 1.165) is 47.3 Å². The van der Waals surface area contributed by atoms with Crippen molar-refractivity contribution in [3.05, 3.63) is 0 Å². The Hall–Kier alpha value is 1.02. The molecule has 0 radical (unpaired) electrons. The summed E-state index contributed by atoms with van der Waals surface area (Å²) in [6, 6.07) is 0. The predicted octanol–water partition coefficient (Wildman–Crippen LogP) is 11.3. The molecule has 0 fully saturated rings. The summed E-state index contributed by atoms with van der Waals surface area (Å²) in [6.07, 6.45) is 11.1. The van der Waals surface area contributed by atoms with Gasteiger partial charge in [0.1, 0.15) is 0 Å². The van der Waals surface area contributed by atoms with Crippen LogP contribution in [0.25, 0.3) is 0 Å². The zero-order valence-electron chi connectivity index (χ0n) is 26.7. The van der Waals surface area contributed by atoms with Gasteiger partial charge in [-0.3, -0.25) is 0 Å². The fraction of sp³-hybridized carbons (Fsp3) is 1.00. The van der Waals surface area contributed by atoms with Gasteiger partial charge in [-0.15, -0.1) is 0 Å². The van der Waals surface area contributed by atoms with Crippen LogP contribution in [-0.4, -0.2) is 29.0 Å². The Morgan fingerprint density at radius 3 is 0.714 bits per heavy atom. The maximum atomic E-state index is 7.44. The van der Waals surface area contributed by atoms with Crippen molar-refractivity contribution in [3.8, 4) is 0 Å². The first-order valence-corrected chi connectivity index (χ1v) is 20.1. The second-order valence-electron chi connectivity index (χ2n) is 14.6. The van der Waals surface area contributed by atoms with E-state index in [1.807, 2.05) is 0 Å². The van der Waals surface area contributed by atoms with E-state index in [9.17, 15) is 0 Å². The molecule has 3 heteroatoms. The van der Waals surface area contributed by atoms with Gasteiger partial charge < -0.3 is 2.84 Å². The standard InChI is InChI=1S/4C8H17.2Al.O/c4*1-7(2)5-6-8(3)4;;;/h4*7-8H,1,5-6H2,2-4H3;;;. The fourth-order valence-electron chi connectivity index (χ4n) is 5.42. The third-order valence-corrected chi connectivity index (χ3v) is 16.4. The van der Waals surface area contributed by atoms with Crippen LogP contribution in [0.15, 0.2) is 0 Å². The molecule has 0 amide bonds. The Labute approximate surface area is 233 Å². The smallest absolute Gasteiger partial charge is 0.430 e. The lowest BCUT2D eigenvalue weighted by molar-refractivity contribution is 0.420. The molecular weight excluding hydrogens is 454 g/mol. The summed E-state index contributed by atoms with van der Waals surface area (Å²) < 4.78 is 7.44. The van der Waals surface area contributed by atoms with Gasteiger partial charge in [0.25, 0.3) is 0 Å². The summed E-state index contributed by atoms with van der Waals surface area (Å²) in [6.45, 7) is 29.2. The first kappa shape index (κ1) is 36.0. The molecule has 0 aromatic rings. The van der Waals surface area contributed by atoms with Crippen LogP contribution in [0.2, 0.25) is 21.1 Å². The third kappa shape index (κ3) is 22.7. The van der Waals surface area contributed by atoms with E-state index in [0.29, 0.717) is 0 Å². The Morgan fingerprint density at radius 1 is 0.343 bits per heavy atom. The van der Waals surface area contributed by atoms with Crippen molar-refractivity contribution in [2.75, 3.05) is 0 Å². The Balaban J connectivity index is 5.34. The van der Waals surface area contributed by atoms with E-state index in [-0.39, 0.29) is 0 Å². The van der Waals surface area contributed by atoms with Crippen molar-refractivity contribution in [1.29, 1.82) is 0 Å². The lowest BCUT2D eigenvalue weighted by Gasteiger charge is -2.28. The zero-order chi connectivity index (χ0) is 27.0. The highest BCUT2D eigenvalue weighted by Gasteiger charge is 2.33. The van der Waals surface area contributed by atoms with Crippen molar-refractivity contribution in [2.45, 2.75) is 156 Å². The molecule has 0 saturated carbocycles. The minimum absolute atomic E-state index is 0.828. The van der Waals surface area contributed by atoms with Crippen LogP contribution in [0.1, 0.15) is 134 Å². The minimum atomic E-state index is -1.17. The summed E-state index contributed by atoms with van der Waals surface area (Å²) in [5, 5.41) is 5.68. The van der Waals surface area contributed by atoms with Crippen molar-refractivity contribution < 1.29 is 2.84 Å². The highest BCUT2D eigenvalue weighted by atomic mass is 27.3. The lowest BCUT2D eigenvalue weighted by atomic mass is 10.0. The van der Waals surface area contributed by atoms with E-state index >= 15 is 0 Å². The molecule has 0 aromatic carbocycles. The van der Waals surface area contributed by atoms with Gasteiger partial charge in [0.15, 0.2) is 0 Å². The second kappa shape index (κ2) is 20.9. The molecule has 0 bridgehead atoms. The molecule has 0 aliphatic heterocycles. The molecule has 35 heavy (non-hydrogen) atoms. The summed E-state index contributed by atoms with van der Waals surface area (Å²) >= 11 is -2.34. The Kier molecular flexibility index (Phi) is 21.5. The van der Waals surface area contributed by atoms with Crippen LogP contribution in [0, 0.1) is 47.3 Å². The molecule has 0 heterocycles. The Bertz CT molecular complexity index is 394. The second-order valence-corrected chi connectivity index (χ2v) is 20.1. The molecule has 0 saturated heterocycles. The molecule has 1 nitrogen and oxygen atoms in total. The van der Waals surface area contributed by atoms with Crippen LogP contribution in [0.5, 0.6) is 0 Å². The average molecular weight is 523 g/mol. The number of rotatable bonds is 22. The SMILES string of the molecule is CC(C)CCC(C)[CH2][Al]([CH2]C(C)CCC(C)C)[O][Al]([CH2]C(C)CCC(C)C)[CH2]C(C)CCC(C)C. The van der Waals surface area contributed by atoms with E-state index in [1.54, 1.807) is 0 Å². The third-order valence-electron chi connectivity index (χ3n) is 7.99. The molecule has 4 unspecified atom stereocenters. The summed E-state index contributed by atoms with van der Waals surface area (Å²) in [5.41, 5.74) is 0. The van der Waals surface area contributed by atoms with E-state index in [2.05, 4.69) is 83.1 Å². The largest absolute Gasteiger partial charge is 0.636 e. The maximum Gasteiger partial charge on any atom is 0.430 e. The number of hydrogen-bond donors (Lipinski definition) is 0. The van der Waals surface area contributed by atoms with Gasteiger partial charge in [-0.2, -0.15) is 0 Å². The van der Waals surface area contributed by atoms with Gasteiger partial charge in [-0.05, 0) is 23.7 Å². The highest BCUT2D eigenvalue weighted by molar-refractivity contribution is 6.66. The highest BCUT2D eigenvalue weighted by Crippen LogP contribution is 2.29. The molecule has 0 aromatic heterocycles. The van der Waals surface area contributed by atoms with Crippen molar-refractivity contribution in [1.82, 2.24) is 0 Å². The van der Waals surface area contributed by atoms with Crippen molar-refractivity contribution >= 4 is 29.0 Å². The minimum Gasteiger partial charge on any atom is -0.636 e. The van der Waals surface area contributed by atoms with Crippen LogP contribution in [-0.2, 0) is 2.84 Å². The van der Waals surface area contributed by atoms with Crippen LogP contribution < -0.4 is 0 Å². The molecule has 208 valence electrons. The van der Waals surface area contributed by atoms with Crippen LogP contribution in [0.3, 0.4) is 0 Å². The van der Waals surface area contributed by atoms with Gasteiger partial charge in [-0.25, -0.2) is 0 Å². The summed E-state index contributed by atoms with van der Waals surface area (Å²) in [5.74, 6) is 6.69. The molecule has 0 aliphatic carbocycles. The molecular formula is C32H68Al2O. The zero-order valence-corrected chi connectivity index (χ0v) is 29.0. The first-order valence-electron chi connectivity index (χ1n) is 15.9. The van der Waals surface area contributed by atoms with Crippen molar-refractivity contribution in [2.24, 2.45) is 47.3 Å². The molecule has 0 rings (SSSR count). The maximum absolute atomic E-state index is 7.44. The topological polar surface area (TPSA) is 9.23 Å². The normalized spacial score (nSPS) is 15.8. The van der Waals surface area contributed by atoms with Crippen LogP contribution in [0.4, 0.5) is 0 Å². The quantitative estimate of drug-likeness (QED) is 0.128. The van der Waals surface area contributed by atoms with E-state index in [1.165, 1.54) is 72.5 Å². The first-order chi connectivity index (χ1) is 16.3. The number of hydrogen-bond acceptors (Lipinski definition) is 1. The van der Waals surface area contributed by atoms with E-state index < -0.39 is 29.0 Å². The van der Waals surface area contributed by atoms with E-state index in [4.69, 9.17) is 2.84 Å². The fourth-order valence-corrected chi connectivity index (χ4v) is 14.3. The Morgan fingerprint density at radius 2 is 0.543 bits per heavy atom. The molecule has 4 atom stereocenters.